The van der Waals surface area contributed by atoms with Crippen molar-refractivity contribution in [3.63, 3.8) is 0 Å². The van der Waals surface area contributed by atoms with E-state index in [0.717, 1.165) is 0 Å². The van der Waals surface area contributed by atoms with Gasteiger partial charge >= 0.3 is 0 Å². The number of hydrogen-bond acceptors (Lipinski definition) is 1. The standard InChI is InChI=1S/C15H19N/c1-11-7-5-9-13-12(11)8-6-10-14(13)15(2,3)16-4/h5-10,16H,1-4H3. The van der Waals surface area contributed by atoms with Crippen molar-refractivity contribution in [2.75, 3.05) is 7.05 Å². The van der Waals surface area contributed by atoms with Gasteiger partial charge in [-0.25, -0.2) is 0 Å². The van der Waals surface area contributed by atoms with Gasteiger partial charge in [0.25, 0.3) is 0 Å². The first-order valence-corrected chi connectivity index (χ1v) is 5.74. The van der Waals surface area contributed by atoms with Gasteiger partial charge in [0.2, 0.25) is 0 Å². The minimum absolute atomic E-state index is 0.00725. The summed E-state index contributed by atoms with van der Waals surface area (Å²) in [6, 6.07) is 13.0. The molecule has 0 saturated carbocycles. The van der Waals surface area contributed by atoms with Crippen LogP contribution in [0.1, 0.15) is 25.0 Å². The quantitative estimate of drug-likeness (QED) is 0.803. The van der Waals surface area contributed by atoms with Crippen LogP contribution in [-0.2, 0) is 5.54 Å². The number of rotatable bonds is 2. The number of benzene rings is 2. The highest BCUT2D eigenvalue weighted by molar-refractivity contribution is 5.89. The van der Waals surface area contributed by atoms with Crippen LogP contribution in [0.25, 0.3) is 10.8 Å². The monoisotopic (exact) mass is 213 g/mol. The van der Waals surface area contributed by atoms with Crippen molar-refractivity contribution >= 4 is 10.8 Å². The smallest absolute Gasteiger partial charge is 0.0381 e. The molecule has 0 aliphatic rings. The lowest BCUT2D eigenvalue weighted by Crippen LogP contribution is -2.33. The summed E-state index contributed by atoms with van der Waals surface area (Å²) in [6.07, 6.45) is 0. The Hall–Kier alpha value is -1.34. The Kier molecular flexibility index (Phi) is 2.73. The van der Waals surface area contributed by atoms with Gasteiger partial charge in [-0.2, -0.15) is 0 Å². The van der Waals surface area contributed by atoms with E-state index in [1.54, 1.807) is 0 Å². The fourth-order valence-electron chi connectivity index (χ4n) is 2.15. The van der Waals surface area contributed by atoms with Gasteiger partial charge in [-0.15, -0.1) is 0 Å². The Morgan fingerprint density at radius 1 is 0.938 bits per heavy atom. The third-order valence-corrected chi connectivity index (χ3v) is 3.44. The summed E-state index contributed by atoms with van der Waals surface area (Å²) in [5.41, 5.74) is 2.70. The van der Waals surface area contributed by atoms with Gasteiger partial charge in [-0.05, 0) is 49.7 Å². The van der Waals surface area contributed by atoms with Gasteiger partial charge in [0.15, 0.2) is 0 Å². The minimum atomic E-state index is 0.00725. The molecule has 1 nitrogen and oxygen atoms in total. The van der Waals surface area contributed by atoms with E-state index in [-0.39, 0.29) is 5.54 Å². The highest BCUT2D eigenvalue weighted by atomic mass is 14.9. The van der Waals surface area contributed by atoms with Crippen molar-refractivity contribution in [1.29, 1.82) is 0 Å². The summed E-state index contributed by atoms with van der Waals surface area (Å²) < 4.78 is 0. The van der Waals surface area contributed by atoms with Crippen LogP contribution in [-0.4, -0.2) is 7.05 Å². The number of fused-ring (bicyclic) bond motifs is 1. The first-order valence-electron chi connectivity index (χ1n) is 5.74. The lowest BCUT2D eigenvalue weighted by molar-refractivity contribution is 0.448. The molecule has 0 bridgehead atoms. The van der Waals surface area contributed by atoms with E-state index in [1.165, 1.54) is 21.9 Å². The van der Waals surface area contributed by atoms with Gasteiger partial charge in [-0.1, -0.05) is 36.4 Å². The normalized spacial score (nSPS) is 12.0. The molecule has 0 unspecified atom stereocenters. The lowest BCUT2D eigenvalue weighted by atomic mass is 9.89. The largest absolute Gasteiger partial charge is 0.311 e. The van der Waals surface area contributed by atoms with E-state index in [1.807, 2.05) is 7.05 Å². The van der Waals surface area contributed by atoms with Gasteiger partial charge < -0.3 is 5.32 Å². The molecule has 2 rings (SSSR count). The van der Waals surface area contributed by atoms with E-state index >= 15 is 0 Å². The maximum Gasteiger partial charge on any atom is 0.0381 e. The van der Waals surface area contributed by atoms with E-state index in [4.69, 9.17) is 0 Å². The average Bonchev–Trinajstić information content (AvgIpc) is 2.29. The third kappa shape index (κ3) is 1.72. The highest BCUT2D eigenvalue weighted by Gasteiger charge is 2.19. The predicted molar refractivity (Wildman–Crippen MR) is 70.8 cm³/mol. The fourth-order valence-corrected chi connectivity index (χ4v) is 2.15. The van der Waals surface area contributed by atoms with Crippen LogP contribution < -0.4 is 5.32 Å². The molecule has 0 aliphatic heterocycles. The molecule has 1 heteroatoms. The van der Waals surface area contributed by atoms with Crippen molar-refractivity contribution in [2.45, 2.75) is 26.3 Å². The summed E-state index contributed by atoms with van der Waals surface area (Å²) >= 11 is 0. The Morgan fingerprint density at radius 3 is 2.25 bits per heavy atom. The Bertz CT molecular complexity index is 512. The molecule has 0 radical (unpaired) electrons. The number of aryl methyl sites for hydroxylation is 1. The van der Waals surface area contributed by atoms with Gasteiger partial charge in [0, 0.05) is 5.54 Å². The summed E-state index contributed by atoms with van der Waals surface area (Å²) in [5, 5.41) is 6.07. The Labute approximate surface area is 97.5 Å². The molecule has 2 aromatic carbocycles. The number of hydrogen-bond donors (Lipinski definition) is 1. The maximum absolute atomic E-state index is 3.37. The molecule has 0 amide bonds. The van der Waals surface area contributed by atoms with E-state index in [0.29, 0.717) is 0 Å². The molecule has 0 aromatic heterocycles. The fraction of sp³-hybridized carbons (Fsp3) is 0.333. The van der Waals surface area contributed by atoms with Gasteiger partial charge in [0.1, 0.15) is 0 Å². The SMILES string of the molecule is CNC(C)(C)c1cccc2c(C)cccc12. The third-order valence-electron chi connectivity index (χ3n) is 3.44. The summed E-state index contributed by atoms with van der Waals surface area (Å²) in [5.74, 6) is 0. The molecule has 0 atom stereocenters. The highest BCUT2D eigenvalue weighted by Crippen LogP contribution is 2.29. The van der Waals surface area contributed by atoms with Crippen molar-refractivity contribution in [3.05, 3.63) is 47.5 Å². The maximum atomic E-state index is 3.37. The summed E-state index contributed by atoms with van der Waals surface area (Å²) in [7, 11) is 2.01. The zero-order valence-electron chi connectivity index (χ0n) is 10.5. The molecular formula is C15H19N. The molecule has 84 valence electrons. The van der Waals surface area contributed by atoms with Crippen molar-refractivity contribution in [1.82, 2.24) is 5.32 Å². The van der Waals surface area contributed by atoms with Crippen LogP contribution in [0.3, 0.4) is 0 Å². The molecule has 0 saturated heterocycles. The van der Waals surface area contributed by atoms with E-state index in [9.17, 15) is 0 Å². The van der Waals surface area contributed by atoms with Crippen LogP contribution in [0.5, 0.6) is 0 Å². The second kappa shape index (κ2) is 3.91. The molecule has 0 aliphatic carbocycles. The zero-order chi connectivity index (χ0) is 11.8. The van der Waals surface area contributed by atoms with Crippen molar-refractivity contribution in [3.8, 4) is 0 Å². The van der Waals surface area contributed by atoms with Gasteiger partial charge in [-0.3, -0.25) is 0 Å². The van der Waals surface area contributed by atoms with Crippen LogP contribution in [0.15, 0.2) is 36.4 Å². The molecule has 16 heavy (non-hydrogen) atoms. The van der Waals surface area contributed by atoms with Crippen LogP contribution in [0.4, 0.5) is 0 Å². The first-order chi connectivity index (χ1) is 7.56. The van der Waals surface area contributed by atoms with E-state index in [2.05, 4.69) is 62.5 Å². The Morgan fingerprint density at radius 2 is 1.56 bits per heavy atom. The topological polar surface area (TPSA) is 12.0 Å². The minimum Gasteiger partial charge on any atom is -0.311 e. The number of nitrogens with one attached hydrogen (secondary N) is 1. The second-order valence-electron chi connectivity index (χ2n) is 4.85. The average molecular weight is 213 g/mol. The lowest BCUT2D eigenvalue weighted by Gasteiger charge is -2.26. The summed E-state index contributed by atoms with van der Waals surface area (Å²) in [4.78, 5) is 0. The first kappa shape index (κ1) is 11.2. The van der Waals surface area contributed by atoms with Crippen LogP contribution in [0, 0.1) is 6.92 Å². The Balaban J connectivity index is 2.77. The predicted octanol–water partition coefficient (Wildman–Crippen LogP) is 3.60. The van der Waals surface area contributed by atoms with Crippen molar-refractivity contribution < 1.29 is 0 Å². The molecule has 0 fully saturated rings. The molecule has 0 spiro atoms. The molecule has 2 aromatic rings. The summed E-state index contributed by atoms with van der Waals surface area (Å²) in [6.45, 7) is 6.59. The van der Waals surface area contributed by atoms with Crippen LogP contribution >= 0.6 is 0 Å². The van der Waals surface area contributed by atoms with E-state index < -0.39 is 0 Å². The zero-order valence-corrected chi connectivity index (χ0v) is 10.5. The van der Waals surface area contributed by atoms with Crippen molar-refractivity contribution in [2.24, 2.45) is 0 Å². The van der Waals surface area contributed by atoms with Gasteiger partial charge in [0.05, 0.1) is 0 Å². The molecular weight excluding hydrogens is 194 g/mol. The van der Waals surface area contributed by atoms with Crippen LogP contribution in [0.2, 0.25) is 0 Å². The second-order valence-corrected chi connectivity index (χ2v) is 4.85. The molecule has 1 N–H and O–H groups in total. The molecule has 0 heterocycles.